The minimum atomic E-state index is -4.05. The first-order valence-corrected chi connectivity index (χ1v) is 7.84. The average Bonchev–Trinajstić information content (AvgIpc) is 2.94. The molecule has 0 fully saturated rings. The minimum Gasteiger partial charge on any atom is -0.478 e. The Morgan fingerprint density at radius 1 is 1.22 bits per heavy atom. The van der Waals surface area contributed by atoms with Crippen molar-refractivity contribution in [2.24, 2.45) is 0 Å². The van der Waals surface area contributed by atoms with Gasteiger partial charge < -0.3 is 5.11 Å². The lowest BCUT2D eigenvalue weighted by Crippen LogP contribution is -2.14. The molecule has 1 aromatic carbocycles. The molecule has 0 saturated carbocycles. The highest BCUT2D eigenvalue weighted by Gasteiger charge is 2.19. The van der Waals surface area contributed by atoms with Crippen molar-refractivity contribution in [1.82, 2.24) is 9.61 Å². The Morgan fingerprint density at radius 3 is 2.74 bits per heavy atom. The Bertz CT molecular complexity index is 1010. The summed E-state index contributed by atoms with van der Waals surface area (Å²) in [6.45, 7) is 0. The number of sulfonamides is 1. The number of benzene rings is 1. The zero-order valence-corrected chi connectivity index (χ0v) is 12.3. The molecule has 0 aliphatic heterocycles. The zero-order valence-electron chi connectivity index (χ0n) is 11.5. The van der Waals surface area contributed by atoms with Crippen LogP contribution in [0.15, 0.2) is 53.7 Å². The molecule has 2 aromatic heterocycles. The maximum absolute atomic E-state index is 13.4. The van der Waals surface area contributed by atoms with Crippen LogP contribution in [-0.2, 0) is 10.0 Å². The first kappa shape index (κ1) is 15.0. The largest absolute Gasteiger partial charge is 0.478 e. The number of anilines is 1. The summed E-state index contributed by atoms with van der Waals surface area (Å²) in [6, 6.07) is 7.33. The summed E-state index contributed by atoms with van der Waals surface area (Å²) in [5, 5.41) is 12.9. The molecule has 0 radical (unpaired) electrons. The predicted octanol–water partition coefficient (Wildman–Crippen LogP) is 1.97. The molecule has 0 amide bonds. The van der Waals surface area contributed by atoms with Gasteiger partial charge >= 0.3 is 5.97 Å². The molecule has 0 aliphatic carbocycles. The van der Waals surface area contributed by atoms with Crippen molar-refractivity contribution in [2.75, 3.05) is 4.72 Å². The standard InChI is InChI=1S/C14H10FN3O4S/c15-13-2-1-11(8-12(13)14(19)20)23(21,22)17-9-4-6-18-10(7-9)3-5-16-18/h1-8,17H,(H,19,20). The van der Waals surface area contributed by atoms with Crippen LogP contribution in [0.3, 0.4) is 0 Å². The normalized spacial score (nSPS) is 11.5. The number of aromatic nitrogens is 2. The van der Waals surface area contributed by atoms with Gasteiger partial charge in [-0.2, -0.15) is 5.10 Å². The number of nitrogens with one attached hydrogen (secondary N) is 1. The van der Waals surface area contributed by atoms with Gasteiger partial charge in [-0.05, 0) is 36.4 Å². The molecule has 23 heavy (non-hydrogen) atoms. The monoisotopic (exact) mass is 335 g/mol. The number of nitrogens with zero attached hydrogens (tertiary/aromatic N) is 2. The molecule has 2 heterocycles. The van der Waals surface area contributed by atoms with Crippen LogP contribution >= 0.6 is 0 Å². The number of carboxylic acid groups (broad SMARTS) is 1. The number of aromatic carboxylic acids is 1. The van der Waals surface area contributed by atoms with E-state index in [1.807, 2.05) is 0 Å². The van der Waals surface area contributed by atoms with Gasteiger partial charge in [-0.3, -0.25) is 4.72 Å². The number of rotatable bonds is 4. The SMILES string of the molecule is O=C(O)c1cc(S(=O)(=O)Nc2ccn3nccc3c2)ccc1F. The smallest absolute Gasteiger partial charge is 0.338 e. The fourth-order valence-electron chi connectivity index (χ4n) is 2.03. The minimum absolute atomic E-state index is 0.277. The molecule has 118 valence electrons. The van der Waals surface area contributed by atoms with E-state index in [0.717, 1.165) is 18.2 Å². The van der Waals surface area contributed by atoms with Gasteiger partial charge in [0.25, 0.3) is 10.0 Å². The quantitative estimate of drug-likeness (QED) is 0.759. The van der Waals surface area contributed by atoms with Crippen LogP contribution in [0.5, 0.6) is 0 Å². The number of hydrogen-bond acceptors (Lipinski definition) is 4. The molecule has 3 aromatic rings. The molecule has 9 heteroatoms. The van der Waals surface area contributed by atoms with Gasteiger partial charge in [-0.25, -0.2) is 22.1 Å². The maximum atomic E-state index is 13.4. The summed E-state index contributed by atoms with van der Waals surface area (Å²) in [6.07, 6.45) is 3.13. The summed E-state index contributed by atoms with van der Waals surface area (Å²) < 4.78 is 41.9. The third-order valence-electron chi connectivity index (χ3n) is 3.13. The summed E-state index contributed by atoms with van der Waals surface area (Å²) in [7, 11) is -4.05. The van der Waals surface area contributed by atoms with Crippen LogP contribution in [0.4, 0.5) is 10.1 Å². The van der Waals surface area contributed by atoms with E-state index in [1.165, 1.54) is 6.07 Å². The summed E-state index contributed by atoms with van der Waals surface area (Å²) in [4.78, 5) is 10.6. The molecular weight excluding hydrogens is 325 g/mol. The van der Waals surface area contributed by atoms with Crippen LogP contribution < -0.4 is 4.72 Å². The van der Waals surface area contributed by atoms with Gasteiger partial charge in [0.05, 0.1) is 21.7 Å². The molecule has 0 saturated heterocycles. The second-order valence-corrected chi connectivity index (χ2v) is 6.35. The Kier molecular flexibility index (Phi) is 3.49. The van der Waals surface area contributed by atoms with Gasteiger partial charge in [0, 0.05) is 12.4 Å². The van der Waals surface area contributed by atoms with Crippen LogP contribution in [0, 0.1) is 5.82 Å². The van der Waals surface area contributed by atoms with Crippen LogP contribution in [0.2, 0.25) is 0 Å². The van der Waals surface area contributed by atoms with E-state index in [-0.39, 0.29) is 10.6 Å². The fourth-order valence-corrected chi connectivity index (χ4v) is 3.11. The van der Waals surface area contributed by atoms with Crippen molar-refractivity contribution in [1.29, 1.82) is 0 Å². The van der Waals surface area contributed by atoms with Crippen LogP contribution in [0.25, 0.3) is 5.52 Å². The zero-order chi connectivity index (χ0) is 16.6. The second-order valence-electron chi connectivity index (χ2n) is 4.67. The van der Waals surface area contributed by atoms with Gasteiger partial charge in [0.2, 0.25) is 0 Å². The fraction of sp³-hybridized carbons (Fsp3) is 0. The average molecular weight is 335 g/mol. The van der Waals surface area contributed by atoms with Gasteiger partial charge in [-0.15, -0.1) is 0 Å². The lowest BCUT2D eigenvalue weighted by atomic mass is 10.2. The highest BCUT2D eigenvalue weighted by molar-refractivity contribution is 7.92. The molecule has 7 nitrogen and oxygen atoms in total. The molecule has 0 unspecified atom stereocenters. The summed E-state index contributed by atoms with van der Waals surface area (Å²) >= 11 is 0. The summed E-state index contributed by atoms with van der Waals surface area (Å²) in [5.74, 6) is -2.54. The lowest BCUT2D eigenvalue weighted by Gasteiger charge is -2.09. The number of pyridine rings is 1. The lowest BCUT2D eigenvalue weighted by molar-refractivity contribution is 0.0691. The van der Waals surface area contributed by atoms with Crippen molar-refractivity contribution in [3.05, 3.63) is 60.2 Å². The Labute approximate surface area is 130 Å². The Hall–Kier alpha value is -2.94. The first-order valence-electron chi connectivity index (χ1n) is 6.36. The van der Waals surface area contributed by atoms with E-state index in [2.05, 4.69) is 9.82 Å². The predicted molar refractivity (Wildman–Crippen MR) is 79.4 cm³/mol. The van der Waals surface area contributed by atoms with Gasteiger partial charge in [-0.1, -0.05) is 0 Å². The van der Waals surface area contributed by atoms with E-state index in [0.29, 0.717) is 5.52 Å². The molecular formula is C14H10FN3O4S. The Balaban J connectivity index is 1.98. The molecule has 0 spiro atoms. The van der Waals surface area contributed by atoms with Crippen molar-refractivity contribution in [2.45, 2.75) is 4.90 Å². The van der Waals surface area contributed by atoms with E-state index in [9.17, 15) is 17.6 Å². The van der Waals surface area contributed by atoms with Crippen molar-refractivity contribution in [3.63, 3.8) is 0 Å². The van der Waals surface area contributed by atoms with E-state index in [4.69, 9.17) is 5.11 Å². The third-order valence-corrected chi connectivity index (χ3v) is 4.51. The molecule has 0 bridgehead atoms. The van der Waals surface area contributed by atoms with E-state index < -0.39 is 27.4 Å². The van der Waals surface area contributed by atoms with E-state index >= 15 is 0 Å². The van der Waals surface area contributed by atoms with Gasteiger partial charge in [0.1, 0.15) is 5.82 Å². The summed E-state index contributed by atoms with van der Waals surface area (Å²) in [5.41, 5.74) is 0.244. The van der Waals surface area contributed by atoms with Crippen molar-refractivity contribution < 1.29 is 22.7 Å². The van der Waals surface area contributed by atoms with Crippen LogP contribution in [0.1, 0.15) is 10.4 Å². The molecule has 2 N–H and O–H groups in total. The Morgan fingerprint density at radius 2 is 2.00 bits per heavy atom. The van der Waals surface area contributed by atoms with Crippen molar-refractivity contribution >= 4 is 27.2 Å². The third kappa shape index (κ3) is 2.86. The molecule has 3 rings (SSSR count). The van der Waals surface area contributed by atoms with Crippen LogP contribution in [-0.4, -0.2) is 29.1 Å². The maximum Gasteiger partial charge on any atom is 0.338 e. The molecule has 0 aliphatic rings. The number of hydrogen-bond donors (Lipinski definition) is 2. The number of halogens is 1. The highest BCUT2D eigenvalue weighted by atomic mass is 32.2. The highest BCUT2D eigenvalue weighted by Crippen LogP contribution is 2.20. The topological polar surface area (TPSA) is 101 Å². The number of fused-ring (bicyclic) bond motifs is 1. The number of carbonyl (C=O) groups is 1. The number of carboxylic acids is 1. The second kappa shape index (κ2) is 5.36. The molecule has 0 atom stereocenters. The van der Waals surface area contributed by atoms with Crippen molar-refractivity contribution in [3.8, 4) is 0 Å². The van der Waals surface area contributed by atoms with Gasteiger partial charge in [0.15, 0.2) is 0 Å². The van der Waals surface area contributed by atoms with E-state index in [1.54, 1.807) is 29.0 Å². The first-order chi connectivity index (χ1) is 10.9.